The van der Waals surface area contributed by atoms with E-state index in [0.717, 1.165) is 16.7 Å². The lowest BCUT2D eigenvalue weighted by Crippen LogP contribution is -2.00. The quantitative estimate of drug-likeness (QED) is 0.271. The van der Waals surface area contributed by atoms with Gasteiger partial charge in [0.15, 0.2) is 11.5 Å². The number of halogens is 3. The number of benzene rings is 3. The van der Waals surface area contributed by atoms with Crippen LogP contribution in [-0.4, -0.2) is 12.9 Å². The molecule has 0 bridgehead atoms. The molecule has 3 nitrogen and oxygen atoms in total. The summed E-state index contributed by atoms with van der Waals surface area (Å²) in [5, 5.41) is 1.08. The van der Waals surface area contributed by atoms with Gasteiger partial charge in [0.25, 0.3) is 0 Å². The molecule has 3 aromatic rings. The summed E-state index contributed by atoms with van der Waals surface area (Å²) in [7, 11) is 1.58. The molecule has 0 saturated heterocycles. The van der Waals surface area contributed by atoms with Crippen LogP contribution in [0.15, 0.2) is 60.7 Å². The van der Waals surface area contributed by atoms with E-state index in [9.17, 15) is 4.79 Å². The Labute approximate surface area is 190 Å². The van der Waals surface area contributed by atoms with Gasteiger partial charge in [0.05, 0.1) is 17.2 Å². The Bertz CT molecular complexity index is 1070. The molecular weight excluding hydrogens is 443 g/mol. The number of ether oxygens (including phenoxy) is 2. The van der Waals surface area contributed by atoms with Crippen molar-refractivity contribution in [1.82, 2.24) is 0 Å². The van der Waals surface area contributed by atoms with Crippen molar-refractivity contribution in [2.75, 3.05) is 7.11 Å². The van der Waals surface area contributed by atoms with Gasteiger partial charge in [-0.3, -0.25) is 4.79 Å². The van der Waals surface area contributed by atoms with Gasteiger partial charge in [0, 0.05) is 16.1 Å². The molecule has 3 rings (SSSR count). The van der Waals surface area contributed by atoms with E-state index in [1.807, 2.05) is 49.4 Å². The maximum atomic E-state index is 12.4. The van der Waals surface area contributed by atoms with Crippen molar-refractivity contribution >= 4 is 46.7 Å². The number of hydrogen-bond acceptors (Lipinski definition) is 3. The maximum absolute atomic E-state index is 12.4. The third kappa shape index (κ3) is 5.57. The highest BCUT2D eigenvalue weighted by Gasteiger charge is 2.12. The van der Waals surface area contributed by atoms with E-state index in [1.165, 1.54) is 0 Å². The molecule has 0 aromatic heterocycles. The van der Waals surface area contributed by atoms with Crippen molar-refractivity contribution in [2.45, 2.75) is 13.5 Å². The molecule has 0 fully saturated rings. The highest BCUT2D eigenvalue weighted by atomic mass is 35.5. The molecule has 3 aromatic carbocycles. The standard InChI is InChI=1S/C24H19Cl3O3/c1-15-3-7-17(8-4-15)22(28)9-5-16-6-10-23(29-2)18(11-16)14-30-24-20(26)12-19(25)13-21(24)27/h3-13H,14H2,1-2H3/b9-5+. The Balaban J connectivity index is 1.78. The fraction of sp³-hybridized carbons (Fsp3) is 0.125. The van der Waals surface area contributed by atoms with Gasteiger partial charge in [0.2, 0.25) is 0 Å². The molecule has 0 spiro atoms. The molecule has 154 valence electrons. The number of methoxy groups -OCH3 is 1. The van der Waals surface area contributed by atoms with Crippen LogP contribution in [0.3, 0.4) is 0 Å². The summed E-state index contributed by atoms with van der Waals surface area (Å²) in [6.07, 6.45) is 3.30. The van der Waals surface area contributed by atoms with Gasteiger partial charge >= 0.3 is 0 Å². The average Bonchev–Trinajstić information content (AvgIpc) is 2.71. The Kier molecular flexibility index (Phi) is 7.43. The Morgan fingerprint density at radius 1 is 0.967 bits per heavy atom. The largest absolute Gasteiger partial charge is 0.496 e. The van der Waals surface area contributed by atoms with Crippen LogP contribution in [0.5, 0.6) is 11.5 Å². The second-order valence-corrected chi connectivity index (χ2v) is 7.87. The first-order chi connectivity index (χ1) is 14.4. The third-order valence-electron chi connectivity index (χ3n) is 4.40. The molecule has 0 aliphatic rings. The zero-order valence-electron chi connectivity index (χ0n) is 16.4. The van der Waals surface area contributed by atoms with Crippen LogP contribution in [0, 0.1) is 6.92 Å². The number of rotatable bonds is 7. The average molecular weight is 462 g/mol. The summed E-state index contributed by atoms with van der Waals surface area (Å²) < 4.78 is 11.2. The summed E-state index contributed by atoms with van der Waals surface area (Å²) >= 11 is 18.3. The number of ketones is 1. The first-order valence-corrected chi connectivity index (χ1v) is 10.2. The van der Waals surface area contributed by atoms with E-state index in [-0.39, 0.29) is 12.4 Å². The Morgan fingerprint density at radius 2 is 1.63 bits per heavy atom. The van der Waals surface area contributed by atoms with Crippen LogP contribution < -0.4 is 9.47 Å². The SMILES string of the molecule is COc1ccc(/C=C/C(=O)c2ccc(C)cc2)cc1COc1c(Cl)cc(Cl)cc1Cl. The van der Waals surface area contributed by atoms with Crippen molar-refractivity contribution in [2.24, 2.45) is 0 Å². The van der Waals surface area contributed by atoms with Crippen molar-refractivity contribution in [3.05, 3.63) is 98.0 Å². The van der Waals surface area contributed by atoms with Crippen LogP contribution in [0.2, 0.25) is 15.1 Å². The van der Waals surface area contributed by atoms with E-state index in [4.69, 9.17) is 44.3 Å². The second-order valence-electron chi connectivity index (χ2n) is 6.62. The summed E-state index contributed by atoms with van der Waals surface area (Å²) in [6.45, 7) is 2.16. The molecule has 0 atom stereocenters. The van der Waals surface area contributed by atoms with E-state index >= 15 is 0 Å². The summed E-state index contributed by atoms with van der Waals surface area (Å²) in [5.74, 6) is 0.932. The fourth-order valence-electron chi connectivity index (χ4n) is 2.82. The number of aryl methyl sites for hydroxylation is 1. The van der Waals surface area contributed by atoms with Crippen LogP contribution >= 0.6 is 34.8 Å². The van der Waals surface area contributed by atoms with E-state index in [2.05, 4.69) is 0 Å². The number of carbonyl (C=O) groups is 1. The predicted octanol–water partition coefficient (Wildman–Crippen LogP) is 7.44. The van der Waals surface area contributed by atoms with Crippen molar-refractivity contribution in [3.8, 4) is 11.5 Å². The lowest BCUT2D eigenvalue weighted by molar-refractivity contribution is 0.104. The topological polar surface area (TPSA) is 35.5 Å². The van der Waals surface area contributed by atoms with Crippen LogP contribution in [0.1, 0.15) is 27.0 Å². The lowest BCUT2D eigenvalue weighted by atomic mass is 10.1. The lowest BCUT2D eigenvalue weighted by Gasteiger charge is -2.13. The first kappa shape index (κ1) is 22.2. The monoisotopic (exact) mass is 460 g/mol. The molecule has 0 radical (unpaired) electrons. The molecule has 0 heterocycles. The van der Waals surface area contributed by atoms with Crippen molar-refractivity contribution < 1.29 is 14.3 Å². The molecule has 6 heteroatoms. The highest BCUT2D eigenvalue weighted by molar-refractivity contribution is 6.40. The van der Waals surface area contributed by atoms with E-state index in [1.54, 1.807) is 31.4 Å². The Morgan fingerprint density at radius 3 is 2.27 bits per heavy atom. The molecule has 0 unspecified atom stereocenters. The molecule has 0 N–H and O–H groups in total. The van der Waals surface area contributed by atoms with E-state index in [0.29, 0.717) is 32.1 Å². The highest BCUT2D eigenvalue weighted by Crippen LogP contribution is 2.36. The Hall–Kier alpha value is -2.46. The molecule has 0 aliphatic heterocycles. The van der Waals surface area contributed by atoms with Crippen LogP contribution in [-0.2, 0) is 6.61 Å². The van der Waals surface area contributed by atoms with Crippen molar-refractivity contribution in [1.29, 1.82) is 0 Å². The minimum atomic E-state index is -0.0663. The predicted molar refractivity (Wildman–Crippen MR) is 123 cm³/mol. The van der Waals surface area contributed by atoms with Gasteiger partial charge in [0.1, 0.15) is 12.4 Å². The molecular formula is C24H19Cl3O3. The minimum absolute atomic E-state index is 0.0663. The zero-order valence-corrected chi connectivity index (χ0v) is 18.7. The van der Waals surface area contributed by atoms with Crippen molar-refractivity contribution in [3.63, 3.8) is 0 Å². The van der Waals surface area contributed by atoms with E-state index < -0.39 is 0 Å². The van der Waals surface area contributed by atoms with Gasteiger partial charge in [-0.1, -0.05) is 76.8 Å². The normalized spacial score (nSPS) is 11.0. The molecule has 0 aliphatic carbocycles. The van der Waals surface area contributed by atoms with Gasteiger partial charge in [-0.2, -0.15) is 0 Å². The first-order valence-electron chi connectivity index (χ1n) is 9.10. The fourth-order valence-corrected chi connectivity index (χ4v) is 3.74. The zero-order chi connectivity index (χ0) is 21.7. The number of carbonyl (C=O) groups excluding carboxylic acids is 1. The summed E-state index contributed by atoms with van der Waals surface area (Å²) in [6, 6.07) is 16.2. The summed E-state index contributed by atoms with van der Waals surface area (Å²) in [5.41, 5.74) is 3.37. The van der Waals surface area contributed by atoms with Crippen LogP contribution in [0.4, 0.5) is 0 Å². The maximum Gasteiger partial charge on any atom is 0.185 e. The molecule has 0 saturated carbocycles. The van der Waals surface area contributed by atoms with Gasteiger partial charge in [-0.25, -0.2) is 0 Å². The number of hydrogen-bond donors (Lipinski definition) is 0. The third-order valence-corrected chi connectivity index (χ3v) is 5.18. The number of allylic oxidation sites excluding steroid dienone is 1. The smallest absolute Gasteiger partial charge is 0.185 e. The van der Waals surface area contributed by atoms with Gasteiger partial charge < -0.3 is 9.47 Å². The second kappa shape index (κ2) is 10.0. The summed E-state index contributed by atoms with van der Waals surface area (Å²) in [4.78, 5) is 12.4. The minimum Gasteiger partial charge on any atom is -0.496 e. The van der Waals surface area contributed by atoms with Crippen LogP contribution in [0.25, 0.3) is 6.08 Å². The molecule has 30 heavy (non-hydrogen) atoms. The molecule has 0 amide bonds. The van der Waals surface area contributed by atoms with Gasteiger partial charge in [-0.05, 0) is 42.8 Å². The van der Waals surface area contributed by atoms with Gasteiger partial charge in [-0.15, -0.1) is 0 Å².